The number of amides is 1. The number of nitrogens with one attached hydrogen (secondary N) is 1. The van der Waals surface area contributed by atoms with E-state index in [0.717, 1.165) is 28.1 Å². The number of anilines is 1. The summed E-state index contributed by atoms with van der Waals surface area (Å²) in [6, 6.07) is 13.1. The molecule has 4 rings (SSSR count). The van der Waals surface area contributed by atoms with Crippen LogP contribution in [0.15, 0.2) is 53.8 Å². The normalized spacial score (nSPS) is 10.9. The fraction of sp³-hybridized carbons (Fsp3) is 0.217. The van der Waals surface area contributed by atoms with Gasteiger partial charge >= 0.3 is 0 Å². The van der Waals surface area contributed by atoms with Gasteiger partial charge in [0.25, 0.3) is 0 Å². The van der Waals surface area contributed by atoms with Crippen LogP contribution >= 0.6 is 23.4 Å². The van der Waals surface area contributed by atoms with Crippen LogP contribution in [0.1, 0.15) is 5.56 Å². The third-order valence-corrected chi connectivity index (χ3v) is 6.31. The molecule has 10 heteroatoms. The molecule has 0 saturated heterocycles. The summed E-state index contributed by atoms with van der Waals surface area (Å²) >= 11 is 7.35. The number of rotatable bonds is 7. The number of hydrogen-bond acceptors (Lipinski definition) is 6. The van der Waals surface area contributed by atoms with E-state index in [0.29, 0.717) is 21.7 Å². The van der Waals surface area contributed by atoms with Crippen molar-refractivity contribution in [2.24, 2.45) is 14.1 Å². The first kappa shape index (κ1) is 22.9. The van der Waals surface area contributed by atoms with Gasteiger partial charge in [-0.2, -0.15) is 5.10 Å². The Labute approximate surface area is 200 Å². The Morgan fingerprint density at radius 3 is 2.79 bits per heavy atom. The minimum absolute atomic E-state index is 0.145. The van der Waals surface area contributed by atoms with Gasteiger partial charge in [-0.05, 0) is 36.8 Å². The van der Waals surface area contributed by atoms with Crippen molar-refractivity contribution in [1.82, 2.24) is 24.5 Å². The highest BCUT2D eigenvalue weighted by molar-refractivity contribution is 7.99. The van der Waals surface area contributed by atoms with E-state index in [1.807, 2.05) is 62.1 Å². The van der Waals surface area contributed by atoms with E-state index in [9.17, 15) is 4.79 Å². The number of ether oxygens (including phenoxy) is 1. The third kappa shape index (κ3) is 5.04. The summed E-state index contributed by atoms with van der Waals surface area (Å²) in [5.74, 6) is 1.45. The van der Waals surface area contributed by atoms with Crippen LogP contribution in [-0.2, 0) is 18.9 Å². The summed E-state index contributed by atoms with van der Waals surface area (Å²) in [5, 5.41) is 17.4. The molecule has 1 N–H and O–H groups in total. The summed E-state index contributed by atoms with van der Waals surface area (Å²) in [6.45, 7) is 1.92. The molecule has 8 nitrogen and oxygen atoms in total. The highest BCUT2D eigenvalue weighted by atomic mass is 35.5. The second-order valence-corrected chi connectivity index (χ2v) is 8.84. The van der Waals surface area contributed by atoms with Gasteiger partial charge < -0.3 is 14.6 Å². The number of carbonyl (C=O) groups excluding carboxylic acids is 1. The van der Waals surface area contributed by atoms with Gasteiger partial charge in [0.05, 0.1) is 18.4 Å². The molecular formula is C23H23ClN6O2S. The minimum atomic E-state index is -0.145. The number of halogens is 1. The molecule has 4 aromatic rings. The summed E-state index contributed by atoms with van der Waals surface area (Å²) < 4.78 is 8.96. The van der Waals surface area contributed by atoms with Crippen LogP contribution in [0.3, 0.4) is 0 Å². The van der Waals surface area contributed by atoms with Crippen molar-refractivity contribution in [2.45, 2.75) is 12.1 Å². The lowest BCUT2D eigenvalue weighted by Gasteiger charge is -2.09. The molecule has 0 bridgehead atoms. The van der Waals surface area contributed by atoms with E-state index in [4.69, 9.17) is 16.3 Å². The maximum absolute atomic E-state index is 12.5. The van der Waals surface area contributed by atoms with Gasteiger partial charge in [0.15, 0.2) is 11.0 Å². The minimum Gasteiger partial charge on any atom is -0.497 e. The maximum Gasteiger partial charge on any atom is 0.234 e. The molecule has 0 atom stereocenters. The van der Waals surface area contributed by atoms with Crippen LogP contribution in [0, 0.1) is 6.92 Å². The molecule has 2 heterocycles. The average molecular weight is 483 g/mol. The van der Waals surface area contributed by atoms with Crippen molar-refractivity contribution in [3.05, 3.63) is 59.2 Å². The fourth-order valence-electron chi connectivity index (χ4n) is 3.36. The van der Waals surface area contributed by atoms with Crippen molar-refractivity contribution in [1.29, 1.82) is 0 Å². The van der Waals surface area contributed by atoms with E-state index in [1.54, 1.807) is 23.9 Å². The predicted octanol–water partition coefficient (Wildman–Crippen LogP) is 4.58. The van der Waals surface area contributed by atoms with E-state index in [-0.39, 0.29) is 11.7 Å². The van der Waals surface area contributed by atoms with Gasteiger partial charge in [0, 0.05) is 36.6 Å². The van der Waals surface area contributed by atoms with Gasteiger partial charge in [0.1, 0.15) is 11.4 Å². The summed E-state index contributed by atoms with van der Waals surface area (Å²) in [7, 11) is 5.37. The van der Waals surface area contributed by atoms with Gasteiger partial charge in [0.2, 0.25) is 5.91 Å². The first-order valence-corrected chi connectivity index (χ1v) is 11.5. The van der Waals surface area contributed by atoms with E-state index in [1.165, 1.54) is 11.8 Å². The fourth-order valence-corrected chi connectivity index (χ4v) is 4.24. The number of nitrogens with zero attached hydrogens (tertiary/aromatic N) is 5. The van der Waals surface area contributed by atoms with Crippen LogP contribution in [0.5, 0.6) is 5.75 Å². The Balaban J connectivity index is 1.53. The van der Waals surface area contributed by atoms with Crippen molar-refractivity contribution >= 4 is 35.0 Å². The number of aromatic nitrogens is 5. The molecule has 0 radical (unpaired) electrons. The third-order valence-electron chi connectivity index (χ3n) is 5.05. The Bertz CT molecular complexity index is 1320. The molecule has 2 aromatic heterocycles. The molecule has 33 heavy (non-hydrogen) atoms. The number of methoxy groups -OCH3 is 1. The number of thioether (sulfide) groups is 1. The SMILES string of the molecule is COc1cccc(-c2nn(C)cc2-c2nnc(SCC(=O)Nc3cc(Cl)ccc3C)n2C)c1. The van der Waals surface area contributed by atoms with Gasteiger partial charge in [-0.25, -0.2) is 0 Å². The van der Waals surface area contributed by atoms with Crippen LogP contribution in [-0.4, -0.2) is 43.3 Å². The lowest BCUT2D eigenvalue weighted by molar-refractivity contribution is -0.113. The van der Waals surface area contributed by atoms with E-state index < -0.39 is 0 Å². The predicted molar refractivity (Wildman–Crippen MR) is 131 cm³/mol. The first-order valence-electron chi connectivity index (χ1n) is 10.1. The molecule has 0 spiro atoms. The Kier molecular flexibility index (Phi) is 6.71. The standard InChI is InChI=1S/C23H23ClN6O2S/c1-14-8-9-16(24)11-19(14)25-20(31)13-33-23-27-26-22(30(23)3)18-12-29(2)28-21(18)15-6-5-7-17(10-15)32-4/h5-12H,13H2,1-4H3,(H,25,31). The van der Waals surface area contributed by atoms with Gasteiger partial charge in [-0.1, -0.05) is 41.6 Å². The highest BCUT2D eigenvalue weighted by Gasteiger charge is 2.20. The molecule has 0 aliphatic rings. The molecule has 0 unspecified atom stereocenters. The number of hydrogen-bond donors (Lipinski definition) is 1. The zero-order valence-electron chi connectivity index (χ0n) is 18.7. The van der Waals surface area contributed by atoms with Crippen LogP contribution in [0.25, 0.3) is 22.6 Å². The van der Waals surface area contributed by atoms with Crippen molar-refractivity contribution in [3.63, 3.8) is 0 Å². The molecule has 0 fully saturated rings. The second kappa shape index (κ2) is 9.68. The summed E-state index contributed by atoms with van der Waals surface area (Å²) in [5.41, 5.74) is 4.17. The molecule has 1 amide bonds. The average Bonchev–Trinajstić information content (AvgIpc) is 3.36. The molecule has 2 aromatic carbocycles. The Morgan fingerprint density at radius 2 is 2.00 bits per heavy atom. The van der Waals surface area contributed by atoms with Crippen molar-refractivity contribution in [2.75, 3.05) is 18.2 Å². The lowest BCUT2D eigenvalue weighted by Crippen LogP contribution is -2.15. The lowest BCUT2D eigenvalue weighted by atomic mass is 10.1. The van der Waals surface area contributed by atoms with Gasteiger partial charge in [-0.15, -0.1) is 10.2 Å². The zero-order chi connectivity index (χ0) is 23.5. The summed E-state index contributed by atoms with van der Waals surface area (Å²) in [6.07, 6.45) is 1.90. The smallest absolute Gasteiger partial charge is 0.234 e. The quantitative estimate of drug-likeness (QED) is 0.388. The van der Waals surface area contributed by atoms with Gasteiger partial charge in [-0.3, -0.25) is 9.48 Å². The molecule has 0 aliphatic carbocycles. The van der Waals surface area contributed by atoms with E-state index >= 15 is 0 Å². The number of aryl methyl sites for hydroxylation is 2. The molecular weight excluding hydrogens is 460 g/mol. The maximum atomic E-state index is 12.5. The van der Waals surface area contributed by atoms with Crippen LogP contribution in [0.4, 0.5) is 5.69 Å². The first-order chi connectivity index (χ1) is 15.9. The van der Waals surface area contributed by atoms with Crippen molar-refractivity contribution in [3.8, 4) is 28.4 Å². The van der Waals surface area contributed by atoms with E-state index in [2.05, 4.69) is 20.6 Å². The Hall–Kier alpha value is -3.30. The topological polar surface area (TPSA) is 86.9 Å². The molecule has 170 valence electrons. The summed E-state index contributed by atoms with van der Waals surface area (Å²) in [4.78, 5) is 12.5. The monoisotopic (exact) mass is 482 g/mol. The Morgan fingerprint density at radius 1 is 1.18 bits per heavy atom. The zero-order valence-corrected chi connectivity index (χ0v) is 20.2. The highest BCUT2D eigenvalue weighted by Crippen LogP contribution is 2.32. The molecule has 0 saturated carbocycles. The van der Waals surface area contributed by atoms with Crippen LogP contribution < -0.4 is 10.1 Å². The van der Waals surface area contributed by atoms with Crippen molar-refractivity contribution < 1.29 is 9.53 Å². The number of carbonyl (C=O) groups is 1. The molecule has 0 aliphatic heterocycles. The number of benzene rings is 2. The largest absolute Gasteiger partial charge is 0.497 e. The van der Waals surface area contributed by atoms with Crippen LogP contribution in [0.2, 0.25) is 5.02 Å². The second-order valence-electron chi connectivity index (χ2n) is 7.46.